The van der Waals surface area contributed by atoms with Crippen LogP contribution in [0.25, 0.3) is 5.82 Å². The van der Waals surface area contributed by atoms with Crippen molar-refractivity contribution in [3.63, 3.8) is 0 Å². The van der Waals surface area contributed by atoms with Crippen molar-refractivity contribution in [3.05, 3.63) is 23.5 Å². The first-order valence-corrected chi connectivity index (χ1v) is 5.51. The van der Waals surface area contributed by atoms with Crippen LogP contribution in [0.5, 0.6) is 5.88 Å². The van der Waals surface area contributed by atoms with E-state index in [2.05, 4.69) is 14.9 Å². The number of halogens is 3. The van der Waals surface area contributed by atoms with Gasteiger partial charge in [0, 0.05) is 13.1 Å². The van der Waals surface area contributed by atoms with Crippen molar-refractivity contribution in [2.45, 2.75) is 13.5 Å². The second-order valence-electron chi connectivity index (χ2n) is 3.67. The zero-order valence-electron chi connectivity index (χ0n) is 9.97. The molecule has 102 valence electrons. The van der Waals surface area contributed by atoms with Gasteiger partial charge in [0.05, 0.1) is 17.5 Å². The van der Waals surface area contributed by atoms with E-state index in [0.717, 1.165) is 4.68 Å². The largest absolute Gasteiger partial charge is 0.417 e. The van der Waals surface area contributed by atoms with Crippen molar-refractivity contribution in [2.75, 3.05) is 0 Å². The molecule has 0 saturated carbocycles. The molecule has 0 spiro atoms. The Morgan fingerprint density at radius 1 is 1.53 bits per heavy atom. The van der Waals surface area contributed by atoms with Crippen molar-refractivity contribution >= 4 is 16.8 Å². The van der Waals surface area contributed by atoms with Gasteiger partial charge in [0.25, 0.3) is 5.24 Å². The minimum Gasteiger partial charge on any atom is -0.417 e. The van der Waals surface area contributed by atoms with Crippen LogP contribution >= 0.6 is 11.6 Å². The second kappa shape index (κ2) is 4.96. The zero-order chi connectivity index (χ0) is 14.2. The summed E-state index contributed by atoms with van der Waals surface area (Å²) in [7, 11) is 1.45. The Morgan fingerprint density at radius 3 is 2.74 bits per heavy atom. The highest BCUT2D eigenvalue weighted by Gasteiger charge is 2.17. The lowest BCUT2D eigenvalue weighted by Gasteiger charge is -2.01. The first-order valence-electron chi connectivity index (χ1n) is 5.14. The number of aromatic nitrogens is 4. The Kier molecular flexibility index (Phi) is 3.52. The van der Waals surface area contributed by atoms with E-state index in [0.29, 0.717) is 5.69 Å². The molecule has 0 N–H and O–H groups in total. The maximum Gasteiger partial charge on any atom is 0.388 e. The molecule has 0 aliphatic heterocycles. The average molecular weight is 291 g/mol. The van der Waals surface area contributed by atoms with Crippen LogP contribution in [0.2, 0.25) is 0 Å². The normalized spacial score (nSPS) is 11.1. The topological polar surface area (TPSA) is 61.9 Å². The maximum absolute atomic E-state index is 12.2. The molecule has 0 amide bonds. The van der Waals surface area contributed by atoms with Gasteiger partial charge in [0.1, 0.15) is 0 Å². The van der Waals surface area contributed by atoms with Crippen molar-refractivity contribution in [1.29, 1.82) is 0 Å². The van der Waals surface area contributed by atoms with E-state index in [-0.39, 0.29) is 17.3 Å². The third kappa shape index (κ3) is 2.58. The van der Waals surface area contributed by atoms with Crippen molar-refractivity contribution in [2.24, 2.45) is 7.05 Å². The Bertz CT molecular complexity index is 623. The quantitative estimate of drug-likeness (QED) is 0.807. The number of hydrogen-bond acceptors (Lipinski definition) is 4. The molecule has 0 unspecified atom stereocenters. The summed E-state index contributed by atoms with van der Waals surface area (Å²) in [6.07, 6.45) is 1.28. The monoisotopic (exact) mass is 290 g/mol. The molecule has 2 aromatic rings. The highest BCUT2D eigenvalue weighted by Crippen LogP contribution is 2.20. The SMILES string of the molecule is Cc1c(C(=O)Cl)cnn1-c1cc(OC(F)F)n(C)n1. The van der Waals surface area contributed by atoms with Crippen LogP contribution in [0.15, 0.2) is 12.3 Å². The van der Waals surface area contributed by atoms with Gasteiger partial charge in [-0.15, -0.1) is 5.10 Å². The predicted molar refractivity (Wildman–Crippen MR) is 61.9 cm³/mol. The molecule has 0 fully saturated rings. The van der Waals surface area contributed by atoms with Crippen LogP contribution in [-0.2, 0) is 7.05 Å². The summed E-state index contributed by atoms with van der Waals surface area (Å²) in [5.41, 5.74) is 0.686. The fraction of sp³-hybridized carbons (Fsp3) is 0.300. The highest BCUT2D eigenvalue weighted by molar-refractivity contribution is 6.67. The molecule has 2 aromatic heterocycles. The molecular formula is C10H9ClF2N4O2. The lowest BCUT2D eigenvalue weighted by molar-refractivity contribution is -0.0553. The summed E-state index contributed by atoms with van der Waals surface area (Å²) in [5.74, 6) is 0.137. The van der Waals surface area contributed by atoms with E-state index in [9.17, 15) is 13.6 Å². The highest BCUT2D eigenvalue weighted by atomic mass is 35.5. The number of alkyl halides is 2. The Morgan fingerprint density at radius 2 is 2.21 bits per heavy atom. The third-order valence-electron chi connectivity index (χ3n) is 2.47. The zero-order valence-corrected chi connectivity index (χ0v) is 10.7. The van der Waals surface area contributed by atoms with Gasteiger partial charge < -0.3 is 4.74 Å². The van der Waals surface area contributed by atoms with E-state index in [1.165, 1.54) is 24.0 Å². The first-order chi connectivity index (χ1) is 8.90. The molecule has 0 aromatic carbocycles. The summed E-state index contributed by atoms with van der Waals surface area (Å²) in [6.45, 7) is -1.33. The number of carbonyl (C=O) groups excluding carboxylic acids is 1. The summed E-state index contributed by atoms with van der Waals surface area (Å²) in [6, 6.07) is 1.29. The summed E-state index contributed by atoms with van der Waals surface area (Å²) < 4.78 is 31.0. The summed E-state index contributed by atoms with van der Waals surface area (Å²) in [4.78, 5) is 11.1. The fourth-order valence-corrected chi connectivity index (χ4v) is 1.76. The molecule has 2 heterocycles. The van der Waals surface area contributed by atoms with E-state index < -0.39 is 11.9 Å². The summed E-state index contributed by atoms with van der Waals surface area (Å²) >= 11 is 5.37. The molecule has 0 saturated heterocycles. The van der Waals surface area contributed by atoms with E-state index in [4.69, 9.17) is 11.6 Å². The van der Waals surface area contributed by atoms with E-state index >= 15 is 0 Å². The number of hydrogen-bond donors (Lipinski definition) is 0. The molecule has 2 rings (SSSR count). The van der Waals surface area contributed by atoms with Crippen LogP contribution in [0.1, 0.15) is 16.1 Å². The van der Waals surface area contributed by atoms with Crippen LogP contribution in [0.3, 0.4) is 0 Å². The average Bonchev–Trinajstić information content (AvgIpc) is 2.82. The molecule has 6 nitrogen and oxygen atoms in total. The van der Waals surface area contributed by atoms with Crippen LogP contribution in [0, 0.1) is 6.92 Å². The molecular weight excluding hydrogens is 282 g/mol. The first kappa shape index (κ1) is 13.5. The van der Waals surface area contributed by atoms with Gasteiger partial charge >= 0.3 is 6.61 Å². The van der Waals surface area contributed by atoms with E-state index in [1.54, 1.807) is 6.92 Å². The smallest absolute Gasteiger partial charge is 0.388 e. The Hall–Kier alpha value is -1.96. The predicted octanol–water partition coefficient (Wildman–Crippen LogP) is 1.89. The number of rotatable bonds is 4. The second-order valence-corrected chi connectivity index (χ2v) is 4.02. The molecule has 9 heteroatoms. The molecule has 19 heavy (non-hydrogen) atoms. The van der Waals surface area contributed by atoms with Gasteiger partial charge in [0.15, 0.2) is 5.82 Å². The molecule has 0 atom stereocenters. The molecule has 0 aliphatic rings. The van der Waals surface area contributed by atoms with Gasteiger partial charge in [-0.3, -0.25) is 4.79 Å². The lowest BCUT2D eigenvalue weighted by Crippen LogP contribution is -2.06. The minimum atomic E-state index is -2.94. The van der Waals surface area contributed by atoms with Gasteiger partial charge in [-0.25, -0.2) is 9.36 Å². The molecule has 0 bridgehead atoms. The third-order valence-corrected chi connectivity index (χ3v) is 2.68. The molecule has 0 aliphatic carbocycles. The molecule has 0 radical (unpaired) electrons. The van der Waals surface area contributed by atoms with Crippen LogP contribution in [-0.4, -0.2) is 31.4 Å². The standard InChI is InChI=1S/C10H9ClF2N4O2/c1-5-6(9(11)18)4-14-17(5)7-3-8(16(2)15-7)19-10(12)13/h3-4,10H,1-2H3. The fourth-order valence-electron chi connectivity index (χ4n) is 1.57. The maximum atomic E-state index is 12.2. The van der Waals surface area contributed by atoms with Crippen molar-refractivity contribution < 1.29 is 18.3 Å². The number of carbonyl (C=O) groups is 1. The number of aryl methyl sites for hydroxylation is 1. The Balaban J connectivity index is 2.40. The lowest BCUT2D eigenvalue weighted by atomic mass is 10.3. The van der Waals surface area contributed by atoms with Gasteiger partial charge in [-0.2, -0.15) is 13.9 Å². The van der Waals surface area contributed by atoms with Crippen LogP contribution < -0.4 is 4.74 Å². The Labute approximate surface area is 111 Å². The van der Waals surface area contributed by atoms with E-state index in [1.807, 2.05) is 0 Å². The number of ether oxygens (including phenoxy) is 1. The van der Waals surface area contributed by atoms with Crippen LogP contribution in [0.4, 0.5) is 8.78 Å². The number of nitrogens with zero attached hydrogens (tertiary/aromatic N) is 4. The van der Waals surface area contributed by atoms with Gasteiger partial charge in [-0.05, 0) is 18.5 Å². The summed E-state index contributed by atoms with van der Waals surface area (Å²) in [5, 5.41) is 7.26. The van der Waals surface area contributed by atoms with Crippen molar-refractivity contribution in [1.82, 2.24) is 19.6 Å². The van der Waals surface area contributed by atoms with Crippen molar-refractivity contribution in [3.8, 4) is 11.7 Å². The van der Waals surface area contributed by atoms with Gasteiger partial charge in [0.2, 0.25) is 5.88 Å². The minimum absolute atomic E-state index is 0.112. The van der Waals surface area contributed by atoms with Gasteiger partial charge in [-0.1, -0.05) is 0 Å².